The predicted molar refractivity (Wildman–Crippen MR) is 75.8 cm³/mol. The molecular weight excluding hydrogens is 346 g/mol. The molecule has 17 heavy (non-hydrogen) atoms. The van der Waals surface area contributed by atoms with Crippen LogP contribution in [0, 0.1) is 0 Å². The van der Waals surface area contributed by atoms with Gasteiger partial charge in [0.1, 0.15) is 5.76 Å². The Hall–Kier alpha value is -0.580. The lowest BCUT2D eigenvalue weighted by atomic mass is 10.1. The molecule has 1 N–H and O–H groups in total. The highest BCUT2D eigenvalue weighted by atomic mass is 79.9. The van der Waals surface area contributed by atoms with Crippen LogP contribution in [0.1, 0.15) is 24.3 Å². The first-order chi connectivity index (χ1) is 8.16. The molecule has 1 aromatic carbocycles. The maximum atomic E-state index is 5.36. The molecule has 0 aliphatic carbocycles. The minimum Gasteiger partial charge on any atom is -0.467 e. The third kappa shape index (κ3) is 3.44. The monoisotopic (exact) mass is 357 g/mol. The summed E-state index contributed by atoms with van der Waals surface area (Å²) in [6.45, 7) is 2.85. The van der Waals surface area contributed by atoms with Crippen LogP contribution >= 0.6 is 31.9 Å². The van der Waals surface area contributed by atoms with Gasteiger partial charge in [0.05, 0.1) is 17.3 Å². The molecule has 2 rings (SSSR count). The van der Waals surface area contributed by atoms with E-state index < -0.39 is 0 Å². The summed E-state index contributed by atoms with van der Waals surface area (Å²) in [5.41, 5.74) is 1.25. The average Bonchev–Trinajstić information content (AvgIpc) is 2.72. The predicted octanol–water partition coefficient (Wildman–Crippen LogP) is 4.66. The van der Waals surface area contributed by atoms with Gasteiger partial charge in [0, 0.05) is 10.5 Å². The number of hydrogen-bond donors (Lipinski definition) is 1. The van der Waals surface area contributed by atoms with Gasteiger partial charge < -0.3 is 9.73 Å². The Bertz CT molecular complexity index is 496. The number of hydrogen-bond acceptors (Lipinski definition) is 2. The summed E-state index contributed by atoms with van der Waals surface area (Å²) in [5, 5.41) is 3.42. The van der Waals surface area contributed by atoms with Gasteiger partial charge in [-0.1, -0.05) is 28.1 Å². The fourth-order valence-electron chi connectivity index (χ4n) is 1.59. The van der Waals surface area contributed by atoms with Gasteiger partial charge in [0.25, 0.3) is 0 Å². The van der Waals surface area contributed by atoms with Gasteiger partial charge >= 0.3 is 0 Å². The number of nitrogens with one attached hydrogen (secondary N) is 1. The van der Waals surface area contributed by atoms with E-state index in [1.165, 1.54) is 5.56 Å². The maximum absolute atomic E-state index is 5.36. The summed E-state index contributed by atoms with van der Waals surface area (Å²) < 4.78 is 7.46. The van der Waals surface area contributed by atoms with Crippen molar-refractivity contribution in [1.82, 2.24) is 5.32 Å². The first-order valence-corrected chi connectivity index (χ1v) is 6.96. The minimum atomic E-state index is 0.282. The Morgan fingerprint density at radius 2 is 2.12 bits per heavy atom. The normalized spacial score (nSPS) is 12.6. The summed E-state index contributed by atoms with van der Waals surface area (Å²) in [7, 11) is 0. The molecule has 90 valence electrons. The molecule has 0 amide bonds. The number of halogens is 2. The molecule has 0 radical (unpaired) electrons. The highest BCUT2D eigenvalue weighted by molar-refractivity contribution is 9.10. The van der Waals surface area contributed by atoms with E-state index in [1.54, 1.807) is 6.26 Å². The molecule has 1 atom stereocenters. The summed E-state index contributed by atoms with van der Waals surface area (Å²) in [4.78, 5) is 0. The molecule has 0 saturated carbocycles. The molecule has 1 heterocycles. The van der Waals surface area contributed by atoms with E-state index in [0.29, 0.717) is 6.54 Å². The van der Waals surface area contributed by atoms with Crippen LogP contribution in [0.15, 0.2) is 50.0 Å². The van der Waals surface area contributed by atoms with E-state index in [2.05, 4.69) is 56.2 Å². The Labute approximate surface area is 118 Å². The van der Waals surface area contributed by atoms with Gasteiger partial charge in [0.2, 0.25) is 0 Å². The summed E-state index contributed by atoms with van der Waals surface area (Å²) in [5.74, 6) is 0.923. The van der Waals surface area contributed by atoms with E-state index in [0.717, 1.165) is 14.7 Å². The molecule has 0 aliphatic rings. The van der Waals surface area contributed by atoms with E-state index in [4.69, 9.17) is 4.42 Å². The van der Waals surface area contributed by atoms with Crippen LogP contribution in [0.4, 0.5) is 0 Å². The first-order valence-electron chi connectivity index (χ1n) is 5.37. The summed E-state index contributed by atoms with van der Waals surface area (Å²) in [6.07, 6.45) is 1.69. The third-order valence-electron chi connectivity index (χ3n) is 2.61. The standard InChI is InChI=1S/C13H13Br2NO/c1-9(10-3-2-4-11(14)7-10)16-8-13-12(15)5-6-17-13/h2-7,9,16H,8H2,1H3/t9-/m0/s1. The zero-order valence-electron chi connectivity index (χ0n) is 9.41. The van der Waals surface area contributed by atoms with Crippen LogP contribution < -0.4 is 5.32 Å². The number of furan rings is 1. The molecule has 0 bridgehead atoms. The van der Waals surface area contributed by atoms with Gasteiger partial charge in [-0.3, -0.25) is 0 Å². The Balaban J connectivity index is 1.98. The van der Waals surface area contributed by atoms with Crippen LogP contribution in [0.3, 0.4) is 0 Å². The van der Waals surface area contributed by atoms with E-state index in [9.17, 15) is 0 Å². The largest absolute Gasteiger partial charge is 0.467 e. The van der Waals surface area contributed by atoms with Crippen molar-refractivity contribution >= 4 is 31.9 Å². The minimum absolute atomic E-state index is 0.282. The van der Waals surface area contributed by atoms with Crippen LogP contribution in [0.2, 0.25) is 0 Å². The topological polar surface area (TPSA) is 25.2 Å². The fraction of sp³-hybridized carbons (Fsp3) is 0.231. The van der Waals surface area contributed by atoms with E-state index in [1.807, 2.05) is 18.2 Å². The maximum Gasteiger partial charge on any atom is 0.131 e. The van der Waals surface area contributed by atoms with Gasteiger partial charge in [-0.2, -0.15) is 0 Å². The van der Waals surface area contributed by atoms with Crippen molar-refractivity contribution in [2.45, 2.75) is 19.5 Å². The van der Waals surface area contributed by atoms with Crippen LogP contribution in [0.5, 0.6) is 0 Å². The molecule has 0 spiro atoms. The second kappa shape index (κ2) is 5.85. The fourth-order valence-corrected chi connectivity index (χ4v) is 2.35. The lowest BCUT2D eigenvalue weighted by Crippen LogP contribution is -2.17. The molecular formula is C13H13Br2NO. The smallest absolute Gasteiger partial charge is 0.131 e. The first kappa shape index (κ1) is 12.9. The van der Waals surface area contributed by atoms with Crippen molar-refractivity contribution in [1.29, 1.82) is 0 Å². The van der Waals surface area contributed by atoms with Crippen LogP contribution in [-0.2, 0) is 6.54 Å². The third-order valence-corrected chi connectivity index (χ3v) is 3.81. The van der Waals surface area contributed by atoms with E-state index >= 15 is 0 Å². The zero-order chi connectivity index (χ0) is 12.3. The van der Waals surface area contributed by atoms with Crippen molar-refractivity contribution in [3.63, 3.8) is 0 Å². The quantitative estimate of drug-likeness (QED) is 0.860. The van der Waals surface area contributed by atoms with Gasteiger partial charge in [-0.15, -0.1) is 0 Å². The zero-order valence-corrected chi connectivity index (χ0v) is 12.6. The number of benzene rings is 1. The second-order valence-corrected chi connectivity index (χ2v) is 5.62. The van der Waals surface area contributed by atoms with Gasteiger partial charge in [-0.25, -0.2) is 0 Å². The van der Waals surface area contributed by atoms with Crippen molar-refractivity contribution in [2.75, 3.05) is 0 Å². The highest BCUT2D eigenvalue weighted by Gasteiger charge is 2.08. The summed E-state index contributed by atoms with van der Waals surface area (Å²) in [6, 6.07) is 10.5. The molecule has 2 aromatic rings. The molecule has 1 aromatic heterocycles. The van der Waals surface area contributed by atoms with Gasteiger partial charge in [0.15, 0.2) is 0 Å². The van der Waals surface area contributed by atoms with Crippen molar-refractivity contribution < 1.29 is 4.42 Å². The van der Waals surface area contributed by atoms with Crippen molar-refractivity contribution in [2.24, 2.45) is 0 Å². The van der Waals surface area contributed by atoms with Gasteiger partial charge in [-0.05, 0) is 46.6 Å². The molecule has 2 nitrogen and oxygen atoms in total. The molecule has 0 saturated heterocycles. The van der Waals surface area contributed by atoms with E-state index in [-0.39, 0.29) is 6.04 Å². The molecule has 0 fully saturated rings. The summed E-state index contributed by atoms with van der Waals surface area (Å²) >= 11 is 6.92. The lowest BCUT2D eigenvalue weighted by Gasteiger charge is -2.13. The Morgan fingerprint density at radius 1 is 1.29 bits per heavy atom. The number of rotatable bonds is 4. The van der Waals surface area contributed by atoms with Crippen molar-refractivity contribution in [3.8, 4) is 0 Å². The molecule has 0 aliphatic heterocycles. The molecule has 4 heteroatoms. The van der Waals surface area contributed by atoms with Crippen LogP contribution in [-0.4, -0.2) is 0 Å². The SMILES string of the molecule is C[C@H](NCc1occc1Br)c1cccc(Br)c1. The Morgan fingerprint density at radius 3 is 2.76 bits per heavy atom. The van der Waals surface area contributed by atoms with Crippen molar-refractivity contribution in [3.05, 3.63) is 56.9 Å². The lowest BCUT2D eigenvalue weighted by molar-refractivity contribution is 0.458. The molecule has 0 unspecified atom stereocenters. The highest BCUT2D eigenvalue weighted by Crippen LogP contribution is 2.20. The Kier molecular flexibility index (Phi) is 4.42. The van der Waals surface area contributed by atoms with Crippen LogP contribution in [0.25, 0.3) is 0 Å². The second-order valence-electron chi connectivity index (χ2n) is 3.85. The average molecular weight is 359 g/mol.